The SMILES string of the molecule is C[C@H]1CN2CCC[C@@]2(COc2nc(N3CC4CCC(C3)N4)c3cc(Cl)c(-c4cc(O)cc(Cl)c4C4CC4)c(F)c3n2)C1. The molecule has 42 heavy (non-hydrogen) atoms. The Morgan fingerprint density at radius 3 is 2.62 bits per heavy atom. The number of nitrogens with zero attached hydrogens (tertiary/aromatic N) is 4. The van der Waals surface area contributed by atoms with Crippen LogP contribution in [0.25, 0.3) is 22.0 Å². The fourth-order valence-corrected chi connectivity index (χ4v) is 8.96. The molecule has 1 aromatic heterocycles. The van der Waals surface area contributed by atoms with E-state index in [1.165, 1.54) is 6.07 Å². The van der Waals surface area contributed by atoms with E-state index in [-0.39, 0.29) is 39.3 Å². The van der Waals surface area contributed by atoms with Crippen LogP contribution in [-0.2, 0) is 0 Å². The minimum absolute atomic E-state index is 0.00672. The van der Waals surface area contributed by atoms with Crippen LogP contribution < -0.4 is 15.0 Å². The van der Waals surface area contributed by atoms with E-state index in [9.17, 15) is 5.11 Å². The van der Waals surface area contributed by atoms with Crippen LogP contribution in [0.1, 0.15) is 63.4 Å². The highest BCUT2D eigenvalue weighted by Gasteiger charge is 2.48. The van der Waals surface area contributed by atoms with Gasteiger partial charge in [-0.25, -0.2) is 4.39 Å². The summed E-state index contributed by atoms with van der Waals surface area (Å²) in [4.78, 5) is 14.4. The molecule has 4 atom stereocenters. The zero-order valence-electron chi connectivity index (χ0n) is 23.8. The molecule has 2 aromatic carbocycles. The molecular formula is C32H36Cl2FN5O2. The van der Waals surface area contributed by atoms with E-state index in [2.05, 4.69) is 22.0 Å². The third-order valence-corrected chi connectivity index (χ3v) is 10.8. The van der Waals surface area contributed by atoms with Gasteiger partial charge in [-0.05, 0) is 92.7 Å². The molecule has 2 unspecified atom stereocenters. The Morgan fingerprint density at radius 2 is 1.86 bits per heavy atom. The lowest BCUT2D eigenvalue weighted by atomic mass is 9.92. The van der Waals surface area contributed by atoms with Gasteiger partial charge in [0.05, 0.1) is 10.6 Å². The summed E-state index contributed by atoms with van der Waals surface area (Å²) in [6.07, 6.45) is 7.52. The number of phenols is 1. The molecule has 7 nitrogen and oxygen atoms in total. The molecule has 5 heterocycles. The normalized spacial score (nSPS) is 29.0. The third-order valence-electron chi connectivity index (χ3n) is 10.2. The summed E-state index contributed by atoms with van der Waals surface area (Å²) in [6.45, 7) is 6.54. The quantitative estimate of drug-likeness (QED) is 0.329. The maximum Gasteiger partial charge on any atom is 0.319 e. The predicted molar refractivity (Wildman–Crippen MR) is 164 cm³/mol. The Morgan fingerprint density at radius 1 is 1.07 bits per heavy atom. The summed E-state index contributed by atoms with van der Waals surface area (Å²) < 4.78 is 23.3. The van der Waals surface area contributed by atoms with Crippen molar-refractivity contribution in [2.75, 3.05) is 37.7 Å². The van der Waals surface area contributed by atoms with Crippen molar-refractivity contribution in [2.24, 2.45) is 5.92 Å². The Labute approximate surface area is 255 Å². The summed E-state index contributed by atoms with van der Waals surface area (Å²) >= 11 is 13.5. The van der Waals surface area contributed by atoms with Gasteiger partial charge in [0.25, 0.3) is 0 Å². The first kappa shape index (κ1) is 27.2. The van der Waals surface area contributed by atoms with Crippen LogP contribution >= 0.6 is 23.2 Å². The highest BCUT2D eigenvalue weighted by atomic mass is 35.5. The summed E-state index contributed by atoms with van der Waals surface area (Å²) in [5, 5.41) is 15.4. The van der Waals surface area contributed by atoms with Crippen LogP contribution in [-0.4, -0.2) is 70.4 Å². The van der Waals surface area contributed by atoms with Crippen molar-refractivity contribution < 1.29 is 14.2 Å². The van der Waals surface area contributed by atoms with Crippen molar-refractivity contribution >= 4 is 39.9 Å². The number of benzene rings is 2. The standard InChI is InChI=1S/C32H36Cl2FN5O2/c1-17-12-32(7-2-8-40(32)13-17)16-42-31-37-29-23(30(38-31)39-14-19-5-6-20(15-39)36-19)11-25(34)27(28(29)35)22-9-21(41)10-24(33)26(22)18-3-4-18/h9-11,17-20,36,41H,2-8,12-16H2,1H3/t17-,19?,20?,32+/m1/s1. The lowest BCUT2D eigenvalue weighted by Gasteiger charge is -2.35. The molecule has 5 aliphatic rings. The van der Waals surface area contributed by atoms with E-state index in [1.54, 1.807) is 12.1 Å². The number of nitrogens with one attached hydrogen (secondary N) is 1. The molecule has 0 radical (unpaired) electrons. The topological polar surface area (TPSA) is 73.8 Å². The lowest BCUT2D eigenvalue weighted by Crippen LogP contribution is -2.51. The number of aromatic nitrogens is 2. The van der Waals surface area contributed by atoms with E-state index >= 15 is 4.39 Å². The number of ether oxygens (including phenoxy) is 1. The van der Waals surface area contributed by atoms with Gasteiger partial charge in [0.15, 0.2) is 5.82 Å². The Hall–Kier alpha value is -2.39. The molecule has 0 spiro atoms. The number of phenolic OH excluding ortho intramolecular Hbond substituents is 1. The van der Waals surface area contributed by atoms with Gasteiger partial charge >= 0.3 is 6.01 Å². The zero-order valence-corrected chi connectivity index (χ0v) is 25.3. The highest BCUT2D eigenvalue weighted by Crippen LogP contribution is 2.51. The van der Waals surface area contributed by atoms with Gasteiger partial charge in [0.2, 0.25) is 0 Å². The number of rotatable bonds is 6. The van der Waals surface area contributed by atoms with Crippen molar-refractivity contribution in [3.8, 4) is 22.9 Å². The molecule has 222 valence electrons. The number of halogens is 3. The highest BCUT2D eigenvalue weighted by molar-refractivity contribution is 6.35. The van der Waals surface area contributed by atoms with Crippen LogP contribution in [0.5, 0.6) is 11.8 Å². The van der Waals surface area contributed by atoms with Crippen molar-refractivity contribution in [2.45, 2.75) is 75.4 Å². The second-order valence-corrected chi connectivity index (χ2v) is 14.2. The third kappa shape index (κ3) is 4.52. The van der Waals surface area contributed by atoms with Gasteiger partial charge in [-0.15, -0.1) is 0 Å². The van der Waals surface area contributed by atoms with Gasteiger partial charge < -0.3 is 20.1 Å². The molecule has 2 bridgehead atoms. The summed E-state index contributed by atoms with van der Waals surface area (Å²) in [5.41, 5.74) is 1.74. The maximum absolute atomic E-state index is 16.8. The number of fused-ring (bicyclic) bond motifs is 4. The van der Waals surface area contributed by atoms with Gasteiger partial charge in [-0.3, -0.25) is 4.90 Å². The second-order valence-electron chi connectivity index (χ2n) is 13.4. The number of hydrogen-bond donors (Lipinski definition) is 2. The predicted octanol–water partition coefficient (Wildman–Crippen LogP) is 6.52. The first-order valence-electron chi connectivity index (χ1n) is 15.4. The summed E-state index contributed by atoms with van der Waals surface area (Å²) in [6, 6.07) is 5.82. The Kier molecular flexibility index (Phi) is 6.52. The van der Waals surface area contributed by atoms with E-state index < -0.39 is 5.82 Å². The molecular weight excluding hydrogens is 576 g/mol. The van der Waals surface area contributed by atoms with Crippen LogP contribution in [0.15, 0.2) is 18.2 Å². The molecule has 8 rings (SSSR count). The molecule has 10 heteroatoms. The first-order chi connectivity index (χ1) is 20.3. The largest absolute Gasteiger partial charge is 0.508 e. The number of hydrogen-bond acceptors (Lipinski definition) is 7. The molecule has 2 N–H and O–H groups in total. The summed E-state index contributed by atoms with van der Waals surface area (Å²) in [5.74, 6) is 0.943. The molecule has 4 saturated heterocycles. The zero-order chi connectivity index (χ0) is 28.7. The van der Waals surface area contributed by atoms with Crippen molar-refractivity contribution in [1.29, 1.82) is 0 Å². The van der Waals surface area contributed by atoms with Gasteiger partial charge in [0.1, 0.15) is 23.7 Å². The molecule has 1 aliphatic carbocycles. The van der Waals surface area contributed by atoms with Crippen molar-refractivity contribution in [3.05, 3.63) is 39.6 Å². The average molecular weight is 613 g/mol. The maximum atomic E-state index is 16.8. The molecule has 3 aromatic rings. The smallest absolute Gasteiger partial charge is 0.319 e. The molecule has 1 saturated carbocycles. The number of piperazine rings is 1. The molecule has 4 aliphatic heterocycles. The first-order valence-corrected chi connectivity index (χ1v) is 16.1. The lowest BCUT2D eigenvalue weighted by molar-refractivity contribution is 0.107. The van der Waals surface area contributed by atoms with Gasteiger partial charge in [0, 0.05) is 47.7 Å². The van der Waals surface area contributed by atoms with Crippen LogP contribution in [0, 0.1) is 11.7 Å². The van der Waals surface area contributed by atoms with Crippen LogP contribution in [0.2, 0.25) is 10.0 Å². The number of anilines is 1. The van der Waals surface area contributed by atoms with E-state index in [0.717, 1.165) is 76.7 Å². The summed E-state index contributed by atoms with van der Waals surface area (Å²) in [7, 11) is 0. The van der Waals surface area contributed by atoms with Crippen molar-refractivity contribution in [1.82, 2.24) is 20.2 Å². The Balaban J connectivity index is 1.26. The van der Waals surface area contributed by atoms with Crippen molar-refractivity contribution in [3.63, 3.8) is 0 Å². The van der Waals surface area contributed by atoms with Gasteiger partial charge in [-0.2, -0.15) is 9.97 Å². The Bertz CT molecular complexity index is 1570. The minimum Gasteiger partial charge on any atom is -0.508 e. The minimum atomic E-state index is -0.539. The fraction of sp³-hybridized carbons (Fsp3) is 0.562. The van der Waals surface area contributed by atoms with Crippen LogP contribution in [0.3, 0.4) is 0 Å². The average Bonchev–Trinajstić information content (AvgIpc) is 3.51. The second kappa shape index (κ2) is 10.1. The van der Waals surface area contributed by atoms with Gasteiger partial charge in [-0.1, -0.05) is 30.1 Å². The fourth-order valence-electron chi connectivity index (χ4n) is 8.30. The monoisotopic (exact) mass is 611 g/mol. The molecule has 5 fully saturated rings. The van der Waals surface area contributed by atoms with E-state index in [1.807, 2.05) is 0 Å². The van der Waals surface area contributed by atoms with E-state index in [4.69, 9.17) is 37.9 Å². The van der Waals surface area contributed by atoms with Crippen LogP contribution in [0.4, 0.5) is 10.2 Å². The number of aromatic hydroxyl groups is 1. The molecule has 0 amide bonds. The van der Waals surface area contributed by atoms with E-state index in [0.29, 0.717) is 46.4 Å².